The maximum absolute atomic E-state index is 11.9. The molecule has 3 aromatic heterocycles. The van der Waals surface area contributed by atoms with Crippen LogP contribution in [0.25, 0.3) is 0 Å². The lowest BCUT2D eigenvalue weighted by Crippen LogP contribution is -2.53. The lowest BCUT2D eigenvalue weighted by Gasteiger charge is -2.41. The monoisotopic (exact) mass is 434 g/mol. The van der Waals surface area contributed by atoms with Gasteiger partial charge in [0.15, 0.2) is 5.76 Å². The van der Waals surface area contributed by atoms with Crippen LogP contribution in [-0.2, 0) is 6.54 Å². The van der Waals surface area contributed by atoms with Crippen LogP contribution >= 0.6 is 0 Å². The summed E-state index contributed by atoms with van der Waals surface area (Å²) in [6.45, 7) is 4.50. The van der Waals surface area contributed by atoms with Crippen LogP contribution in [0.1, 0.15) is 34.7 Å². The number of anilines is 3. The maximum Gasteiger partial charge on any atom is 0.269 e. The van der Waals surface area contributed by atoms with Gasteiger partial charge in [0.2, 0.25) is 5.95 Å². The first-order valence-electron chi connectivity index (χ1n) is 10.8. The standard InChI is InChI=1S/C22H26N8O2/c1-14-9-15(10-25-20(14)21(31)23-2)27-22-24-7-6-19(28-22)29-11-16-3-4-17(12-29)30(16)13-18-5-8-26-32-18/h5-10,16-17H,3-4,11-13H2,1-2H3,(H,23,31)(H,24,27,28)/t16-,17?/m0/s1. The van der Waals surface area contributed by atoms with E-state index in [9.17, 15) is 4.79 Å². The molecule has 166 valence electrons. The summed E-state index contributed by atoms with van der Waals surface area (Å²) in [6.07, 6.45) is 7.44. The Labute approximate surface area is 186 Å². The van der Waals surface area contributed by atoms with Crippen LogP contribution in [0, 0.1) is 6.92 Å². The summed E-state index contributed by atoms with van der Waals surface area (Å²) in [6, 6.07) is 6.69. The molecule has 1 unspecified atom stereocenters. The number of carbonyl (C=O) groups excluding carboxylic acids is 1. The number of rotatable bonds is 6. The zero-order valence-corrected chi connectivity index (χ0v) is 18.2. The van der Waals surface area contributed by atoms with Gasteiger partial charge in [-0.15, -0.1) is 0 Å². The second kappa shape index (κ2) is 8.54. The van der Waals surface area contributed by atoms with Gasteiger partial charge >= 0.3 is 0 Å². The number of amides is 1. The van der Waals surface area contributed by atoms with Gasteiger partial charge in [-0.05, 0) is 37.5 Å². The van der Waals surface area contributed by atoms with Crippen molar-refractivity contribution in [1.29, 1.82) is 0 Å². The molecule has 1 amide bonds. The van der Waals surface area contributed by atoms with Gasteiger partial charge in [-0.25, -0.2) is 9.97 Å². The summed E-state index contributed by atoms with van der Waals surface area (Å²) in [4.78, 5) is 30.1. The van der Waals surface area contributed by atoms with Crippen molar-refractivity contribution in [1.82, 2.24) is 30.3 Å². The molecule has 0 saturated carbocycles. The number of hydrogen-bond donors (Lipinski definition) is 2. The minimum Gasteiger partial charge on any atom is -0.360 e. The number of hydrogen-bond acceptors (Lipinski definition) is 9. The number of piperazine rings is 1. The van der Waals surface area contributed by atoms with E-state index in [1.54, 1.807) is 25.6 Å². The van der Waals surface area contributed by atoms with Gasteiger partial charge in [0.25, 0.3) is 5.91 Å². The zero-order chi connectivity index (χ0) is 22.1. The summed E-state index contributed by atoms with van der Waals surface area (Å²) >= 11 is 0. The van der Waals surface area contributed by atoms with Crippen molar-refractivity contribution >= 4 is 23.4 Å². The largest absolute Gasteiger partial charge is 0.360 e. The molecule has 3 aromatic rings. The minimum atomic E-state index is -0.204. The molecule has 2 fully saturated rings. The predicted octanol–water partition coefficient (Wildman–Crippen LogP) is 2.12. The zero-order valence-electron chi connectivity index (χ0n) is 18.2. The van der Waals surface area contributed by atoms with Gasteiger partial charge in [0.1, 0.15) is 11.5 Å². The average molecular weight is 435 g/mol. The Bertz CT molecular complexity index is 1090. The van der Waals surface area contributed by atoms with E-state index < -0.39 is 0 Å². The molecular weight excluding hydrogens is 408 g/mol. The van der Waals surface area contributed by atoms with Gasteiger partial charge < -0.3 is 20.1 Å². The van der Waals surface area contributed by atoms with Gasteiger partial charge in [0, 0.05) is 44.5 Å². The second-order valence-electron chi connectivity index (χ2n) is 8.27. The van der Waals surface area contributed by atoms with Crippen LogP contribution in [0.3, 0.4) is 0 Å². The van der Waals surface area contributed by atoms with E-state index in [2.05, 4.69) is 35.6 Å². The van der Waals surface area contributed by atoms with E-state index in [1.165, 1.54) is 12.8 Å². The van der Waals surface area contributed by atoms with Crippen molar-refractivity contribution < 1.29 is 9.32 Å². The molecule has 2 saturated heterocycles. The van der Waals surface area contributed by atoms with Gasteiger partial charge in [-0.2, -0.15) is 4.98 Å². The molecule has 2 atom stereocenters. The third kappa shape index (κ3) is 4.01. The first-order chi connectivity index (χ1) is 15.6. The van der Waals surface area contributed by atoms with E-state index in [0.717, 1.165) is 42.5 Å². The number of aromatic nitrogens is 4. The molecule has 0 aliphatic carbocycles. The fourth-order valence-electron chi connectivity index (χ4n) is 4.65. The summed E-state index contributed by atoms with van der Waals surface area (Å²) in [5.41, 5.74) is 1.93. The van der Waals surface area contributed by atoms with Crippen LogP contribution in [-0.4, -0.2) is 63.1 Å². The van der Waals surface area contributed by atoms with Gasteiger partial charge in [0.05, 0.1) is 24.6 Å². The maximum atomic E-state index is 11.9. The summed E-state index contributed by atoms with van der Waals surface area (Å²) in [7, 11) is 1.59. The van der Waals surface area contributed by atoms with Crippen LogP contribution in [0.2, 0.25) is 0 Å². The molecular formula is C22H26N8O2. The van der Waals surface area contributed by atoms with Gasteiger partial charge in [-0.1, -0.05) is 5.16 Å². The number of nitrogens with zero attached hydrogens (tertiary/aromatic N) is 6. The Balaban J connectivity index is 1.28. The molecule has 0 radical (unpaired) electrons. The molecule has 10 heteroatoms. The Kier molecular flexibility index (Phi) is 5.44. The Hall–Kier alpha value is -3.53. The van der Waals surface area contributed by atoms with Crippen LogP contribution < -0.4 is 15.5 Å². The smallest absolute Gasteiger partial charge is 0.269 e. The van der Waals surface area contributed by atoms with E-state index in [-0.39, 0.29) is 5.91 Å². The van der Waals surface area contributed by atoms with Crippen molar-refractivity contribution in [3.8, 4) is 0 Å². The quantitative estimate of drug-likeness (QED) is 0.602. The highest BCUT2D eigenvalue weighted by Gasteiger charge is 2.40. The molecule has 2 N–H and O–H groups in total. The summed E-state index contributed by atoms with van der Waals surface area (Å²) in [5, 5.41) is 9.64. The number of fused-ring (bicyclic) bond motifs is 2. The highest BCUT2D eigenvalue weighted by Crippen LogP contribution is 2.33. The third-order valence-electron chi connectivity index (χ3n) is 6.20. The highest BCUT2D eigenvalue weighted by atomic mass is 16.5. The molecule has 2 bridgehead atoms. The third-order valence-corrected chi connectivity index (χ3v) is 6.20. The van der Waals surface area contributed by atoms with Crippen LogP contribution in [0.4, 0.5) is 17.5 Å². The highest BCUT2D eigenvalue weighted by molar-refractivity contribution is 5.93. The number of pyridine rings is 1. The normalized spacial score (nSPS) is 20.4. The van der Waals surface area contributed by atoms with E-state index in [1.807, 2.05) is 25.1 Å². The van der Waals surface area contributed by atoms with E-state index in [0.29, 0.717) is 23.7 Å². The summed E-state index contributed by atoms with van der Waals surface area (Å²) < 4.78 is 5.32. The Morgan fingerprint density at radius 2 is 2.00 bits per heavy atom. The van der Waals surface area contributed by atoms with E-state index >= 15 is 0 Å². The molecule has 0 aromatic carbocycles. The molecule has 5 rings (SSSR count). The van der Waals surface area contributed by atoms with Gasteiger partial charge in [-0.3, -0.25) is 9.69 Å². The minimum absolute atomic E-state index is 0.204. The first-order valence-corrected chi connectivity index (χ1v) is 10.8. The molecule has 2 aliphatic heterocycles. The van der Waals surface area contributed by atoms with Crippen molar-refractivity contribution in [2.45, 2.75) is 38.4 Å². The SMILES string of the molecule is CNC(=O)c1ncc(Nc2nccc(N3CC4CC[C@@H](C3)N4Cc3ccno3)n2)cc1C. The summed E-state index contributed by atoms with van der Waals surface area (Å²) in [5.74, 6) is 2.12. The second-order valence-corrected chi connectivity index (χ2v) is 8.27. The van der Waals surface area contributed by atoms with Crippen LogP contribution in [0.5, 0.6) is 0 Å². The Morgan fingerprint density at radius 3 is 2.69 bits per heavy atom. The molecule has 0 spiro atoms. The fourth-order valence-corrected chi connectivity index (χ4v) is 4.65. The average Bonchev–Trinajstić information content (AvgIpc) is 3.38. The lowest BCUT2D eigenvalue weighted by molar-refractivity contribution is 0.0957. The van der Waals surface area contributed by atoms with Crippen molar-refractivity contribution in [2.75, 3.05) is 30.4 Å². The molecule has 32 heavy (non-hydrogen) atoms. The van der Waals surface area contributed by atoms with Crippen molar-refractivity contribution in [3.05, 3.63) is 53.8 Å². The number of nitrogens with one attached hydrogen (secondary N) is 2. The predicted molar refractivity (Wildman–Crippen MR) is 119 cm³/mol. The molecule has 2 aliphatic rings. The lowest BCUT2D eigenvalue weighted by atomic mass is 10.1. The topological polar surface area (TPSA) is 112 Å². The number of aryl methyl sites for hydroxylation is 1. The van der Waals surface area contributed by atoms with Crippen LogP contribution in [0.15, 0.2) is 41.3 Å². The fraction of sp³-hybridized carbons (Fsp3) is 0.409. The molecule has 10 nitrogen and oxygen atoms in total. The van der Waals surface area contributed by atoms with Crippen molar-refractivity contribution in [2.24, 2.45) is 0 Å². The Morgan fingerprint density at radius 1 is 1.19 bits per heavy atom. The van der Waals surface area contributed by atoms with E-state index in [4.69, 9.17) is 9.51 Å². The number of carbonyl (C=O) groups is 1. The van der Waals surface area contributed by atoms with Crippen molar-refractivity contribution in [3.63, 3.8) is 0 Å². The first kappa shape index (κ1) is 20.4. The molecule has 5 heterocycles.